The van der Waals surface area contributed by atoms with Crippen LogP contribution in [0.15, 0.2) is 53.6 Å². The Morgan fingerprint density at radius 1 is 1.09 bits per heavy atom. The summed E-state index contributed by atoms with van der Waals surface area (Å²) in [5, 5.41) is 27.9. The van der Waals surface area contributed by atoms with Gasteiger partial charge in [-0.2, -0.15) is 5.10 Å². The first-order chi connectivity index (χ1) is 15.6. The number of hydrogen-bond acceptors (Lipinski definition) is 7. The van der Waals surface area contributed by atoms with E-state index in [0.29, 0.717) is 16.8 Å². The van der Waals surface area contributed by atoms with E-state index in [1.165, 1.54) is 47.3 Å². The van der Waals surface area contributed by atoms with Crippen molar-refractivity contribution in [3.63, 3.8) is 0 Å². The lowest BCUT2D eigenvalue weighted by Crippen LogP contribution is -2.40. The number of likely N-dealkylation sites (N-methyl/N-ethyl adjacent to an activating group) is 1. The van der Waals surface area contributed by atoms with Crippen LogP contribution in [0, 0.1) is 26.1 Å². The summed E-state index contributed by atoms with van der Waals surface area (Å²) < 4.78 is 0. The van der Waals surface area contributed by atoms with E-state index < -0.39 is 21.8 Å². The first-order valence-electron chi connectivity index (χ1n) is 10.2. The molecule has 0 aromatic heterocycles. The van der Waals surface area contributed by atoms with Crippen LogP contribution in [0.1, 0.15) is 37.4 Å². The quantitative estimate of drug-likeness (QED) is 0.465. The van der Waals surface area contributed by atoms with Gasteiger partial charge < -0.3 is 4.90 Å². The minimum Gasteiger partial charge on any atom is -0.336 e. The fourth-order valence-electron chi connectivity index (χ4n) is 3.59. The zero-order valence-electron chi connectivity index (χ0n) is 18.4. The minimum absolute atomic E-state index is 0.0747. The number of hydrogen-bond donors (Lipinski definition) is 0. The zero-order chi connectivity index (χ0) is 24.3. The maximum atomic E-state index is 13.1. The smallest absolute Gasteiger partial charge is 0.269 e. The number of nitrogens with zero attached hydrogens (tertiary/aromatic N) is 5. The number of carbonyl (C=O) groups excluding carboxylic acids is 2. The maximum absolute atomic E-state index is 13.1. The van der Waals surface area contributed by atoms with Crippen molar-refractivity contribution >= 4 is 28.9 Å². The third-order valence-electron chi connectivity index (χ3n) is 5.29. The van der Waals surface area contributed by atoms with Gasteiger partial charge in [0.1, 0.15) is 6.54 Å². The number of nitro groups is 2. The monoisotopic (exact) mass is 453 g/mol. The Labute approximate surface area is 189 Å². The van der Waals surface area contributed by atoms with Crippen molar-refractivity contribution in [2.45, 2.75) is 26.3 Å². The molecular weight excluding hydrogens is 430 g/mol. The van der Waals surface area contributed by atoms with Gasteiger partial charge >= 0.3 is 0 Å². The predicted molar refractivity (Wildman–Crippen MR) is 119 cm³/mol. The van der Waals surface area contributed by atoms with Crippen molar-refractivity contribution in [3.8, 4) is 0 Å². The lowest BCUT2D eigenvalue weighted by atomic mass is 9.98. The molecule has 0 N–H and O–H groups in total. The van der Waals surface area contributed by atoms with Gasteiger partial charge in [0.15, 0.2) is 0 Å². The van der Waals surface area contributed by atoms with Crippen LogP contribution in [0.5, 0.6) is 0 Å². The molecule has 0 aliphatic carbocycles. The molecule has 11 heteroatoms. The Kier molecular flexibility index (Phi) is 6.80. The van der Waals surface area contributed by atoms with Gasteiger partial charge in [-0.15, -0.1) is 0 Å². The Morgan fingerprint density at radius 3 is 2.30 bits per heavy atom. The molecule has 2 amide bonds. The van der Waals surface area contributed by atoms with E-state index >= 15 is 0 Å². The lowest BCUT2D eigenvalue weighted by molar-refractivity contribution is -0.385. The Bertz CT molecular complexity index is 1130. The average Bonchev–Trinajstić information content (AvgIpc) is 3.24. The van der Waals surface area contributed by atoms with Crippen molar-refractivity contribution in [1.29, 1.82) is 0 Å². The van der Waals surface area contributed by atoms with Gasteiger partial charge in [-0.25, -0.2) is 5.01 Å². The molecule has 11 nitrogen and oxygen atoms in total. The van der Waals surface area contributed by atoms with Crippen molar-refractivity contribution in [3.05, 3.63) is 79.9 Å². The molecule has 1 atom stereocenters. The Hall–Kier alpha value is -4.15. The van der Waals surface area contributed by atoms with Crippen LogP contribution in [0.2, 0.25) is 0 Å². The number of rotatable bonds is 7. The van der Waals surface area contributed by atoms with Gasteiger partial charge in [-0.3, -0.25) is 29.8 Å². The van der Waals surface area contributed by atoms with Crippen molar-refractivity contribution in [1.82, 2.24) is 9.91 Å². The third kappa shape index (κ3) is 5.20. The second-order valence-electron chi connectivity index (χ2n) is 8.01. The summed E-state index contributed by atoms with van der Waals surface area (Å²) in [7, 11) is 1.53. The average molecular weight is 453 g/mol. The topological polar surface area (TPSA) is 139 Å². The second-order valence-corrected chi connectivity index (χ2v) is 8.01. The van der Waals surface area contributed by atoms with E-state index in [-0.39, 0.29) is 36.2 Å². The van der Waals surface area contributed by atoms with Gasteiger partial charge in [-0.05, 0) is 23.3 Å². The Morgan fingerprint density at radius 2 is 1.73 bits per heavy atom. The number of benzene rings is 2. The maximum Gasteiger partial charge on any atom is 0.269 e. The number of carbonyl (C=O) groups is 2. The summed E-state index contributed by atoms with van der Waals surface area (Å²) in [6, 6.07) is 11.1. The van der Waals surface area contributed by atoms with Crippen LogP contribution in [0.4, 0.5) is 11.4 Å². The van der Waals surface area contributed by atoms with Gasteiger partial charge in [0.25, 0.3) is 17.3 Å². The van der Waals surface area contributed by atoms with E-state index in [1.54, 1.807) is 32.0 Å². The lowest BCUT2D eigenvalue weighted by Gasteiger charge is -2.25. The highest BCUT2D eigenvalue weighted by molar-refractivity contribution is 6.03. The van der Waals surface area contributed by atoms with E-state index in [1.807, 2.05) is 0 Å². The van der Waals surface area contributed by atoms with Crippen LogP contribution < -0.4 is 0 Å². The number of nitro benzene ring substituents is 2. The SMILES string of the molecule is CC(C)C(=O)N(C)CC(=O)N1N=C(c2ccc([N+](=O)[O-])cc2)CC1c1cccc([N+](=O)[O-])c1. The molecule has 0 bridgehead atoms. The highest BCUT2D eigenvalue weighted by Crippen LogP contribution is 2.34. The fourth-order valence-corrected chi connectivity index (χ4v) is 3.59. The fraction of sp³-hybridized carbons (Fsp3) is 0.318. The molecule has 1 heterocycles. The summed E-state index contributed by atoms with van der Waals surface area (Å²) in [6.07, 6.45) is 0.257. The van der Waals surface area contributed by atoms with Crippen LogP contribution in [0.3, 0.4) is 0 Å². The molecule has 2 aromatic carbocycles. The molecule has 1 aliphatic heterocycles. The van der Waals surface area contributed by atoms with Crippen LogP contribution in [-0.4, -0.2) is 50.9 Å². The summed E-state index contributed by atoms with van der Waals surface area (Å²) in [6.45, 7) is 3.26. The van der Waals surface area contributed by atoms with E-state index in [9.17, 15) is 29.8 Å². The highest BCUT2D eigenvalue weighted by Gasteiger charge is 2.34. The first kappa shape index (κ1) is 23.5. The predicted octanol–water partition coefficient (Wildman–Crippen LogP) is 3.30. The minimum atomic E-state index is -0.620. The molecule has 3 rings (SSSR count). The molecule has 0 fully saturated rings. The standard InChI is InChI=1S/C22H23N5O6/c1-14(2)22(29)24(3)13-21(28)25-20(16-5-4-6-18(11-16)27(32)33)12-19(23-25)15-7-9-17(10-8-15)26(30)31/h4-11,14,20H,12-13H2,1-3H3. The molecule has 1 aliphatic rings. The molecule has 33 heavy (non-hydrogen) atoms. The number of non-ortho nitro benzene ring substituents is 2. The molecule has 2 aromatic rings. The van der Waals surface area contributed by atoms with Crippen LogP contribution >= 0.6 is 0 Å². The van der Waals surface area contributed by atoms with Crippen molar-refractivity contribution < 1.29 is 19.4 Å². The van der Waals surface area contributed by atoms with Crippen molar-refractivity contribution in [2.24, 2.45) is 11.0 Å². The van der Waals surface area contributed by atoms with Crippen molar-refractivity contribution in [2.75, 3.05) is 13.6 Å². The van der Waals surface area contributed by atoms with Gasteiger partial charge in [-0.1, -0.05) is 26.0 Å². The van der Waals surface area contributed by atoms with Crippen LogP contribution in [-0.2, 0) is 9.59 Å². The summed E-state index contributed by atoms with van der Waals surface area (Å²) in [5.74, 6) is -0.929. The second kappa shape index (κ2) is 9.55. The summed E-state index contributed by atoms with van der Waals surface area (Å²) >= 11 is 0. The van der Waals surface area contributed by atoms with E-state index in [2.05, 4.69) is 5.10 Å². The third-order valence-corrected chi connectivity index (χ3v) is 5.29. The normalized spacial score (nSPS) is 15.3. The molecular formula is C22H23N5O6. The van der Waals surface area contributed by atoms with Gasteiger partial charge in [0.05, 0.1) is 21.6 Å². The van der Waals surface area contributed by atoms with Crippen LogP contribution in [0.25, 0.3) is 0 Å². The molecule has 172 valence electrons. The zero-order valence-corrected chi connectivity index (χ0v) is 18.4. The number of hydrazone groups is 1. The molecule has 0 spiro atoms. The first-order valence-corrected chi connectivity index (χ1v) is 10.2. The molecule has 0 radical (unpaired) electrons. The molecule has 1 unspecified atom stereocenters. The van der Waals surface area contributed by atoms with Gasteiger partial charge in [0.2, 0.25) is 5.91 Å². The molecule has 0 saturated carbocycles. The largest absolute Gasteiger partial charge is 0.336 e. The van der Waals surface area contributed by atoms with E-state index in [4.69, 9.17) is 0 Å². The summed E-state index contributed by atoms with van der Waals surface area (Å²) in [4.78, 5) is 47.8. The molecule has 0 saturated heterocycles. The highest BCUT2D eigenvalue weighted by atomic mass is 16.6. The Balaban J connectivity index is 1.95. The van der Waals surface area contributed by atoms with E-state index in [0.717, 1.165) is 0 Å². The summed E-state index contributed by atoms with van der Waals surface area (Å²) in [5.41, 5.74) is 1.44. The number of amides is 2. The van der Waals surface area contributed by atoms with Gasteiger partial charge in [0, 0.05) is 43.7 Å².